The van der Waals surface area contributed by atoms with E-state index in [-0.39, 0.29) is 12.8 Å². The lowest BCUT2D eigenvalue weighted by molar-refractivity contribution is -0.0400. The van der Waals surface area contributed by atoms with Crippen molar-refractivity contribution < 1.29 is 19.0 Å². The summed E-state index contributed by atoms with van der Waals surface area (Å²) in [7, 11) is 0. The maximum absolute atomic E-state index is 11.6. The van der Waals surface area contributed by atoms with Gasteiger partial charge in [-0.15, -0.1) is 5.10 Å². The van der Waals surface area contributed by atoms with E-state index in [0.29, 0.717) is 19.0 Å². The molecule has 1 saturated heterocycles. The Hall–Kier alpha value is -2.54. The van der Waals surface area contributed by atoms with Crippen LogP contribution in [0.2, 0.25) is 0 Å². The zero-order valence-corrected chi connectivity index (χ0v) is 14.1. The Balaban J connectivity index is 1.31. The van der Waals surface area contributed by atoms with E-state index in [1.165, 1.54) is 0 Å². The minimum Gasteiger partial charge on any atom is -0.475 e. The van der Waals surface area contributed by atoms with E-state index in [9.17, 15) is 4.79 Å². The van der Waals surface area contributed by atoms with Crippen molar-refractivity contribution in [1.82, 2.24) is 15.1 Å². The molecule has 1 unspecified atom stereocenters. The van der Waals surface area contributed by atoms with Gasteiger partial charge in [-0.05, 0) is 24.8 Å². The van der Waals surface area contributed by atoms with Crippen LogP contribution in [0.3, 0.4) is 0 Å². The van der Waals surface area contributed by atoms with Crippen molar-refractivity contribution in [2.24, 2.45) is 0 Å². The Morgan fingerprint density at radius 2 is 2.16 bits per heavy atom. The summed E-state index contributed by atoms with van der Waals surface area (Å²) in [5.41, 5.74) is 0.948. The molecule has 3 rings (SSSR count). The fourth-order valence-electron chi connectivity index (χ4n) is 2.57. The van der Waals surface area contributed by atoms with E-state index in [1.807, 2.05) is 36.5 Å². The van der Waals surface area contributed by atoms with Crippen molar-refractivity contribution >= 4 is 6.09 Å². The molecule has 1 aromatic heterocycles. The molecule has 0 spiro atoms. The first kappa shape index (κ1) is 17.3. The molecule has 0 bridgehead atoms. The number of carbonyl (C=O) groups is 1. The Morgan fingerprint density at radius 3 is 2.96 bits per heavy atom. The van der Waals surface area contributed by atoms with E-state index in [1.54, 1.807) is 10.7 Å². The molecule has 25 heavy (non-hydrogen) atoms. The summed E-state index contributed by atoms with van der Waals surface area (Å²) in [5.74, 6) is 0.522. The first-order chi connectivity index (χ1) is 12.3. The molecule has 1 aromatic carbocycles. The number of aromatic nitrogens is 2. The van der Waals surface area contributed by atoms with Gasteiger partial charge in [0.25, 0.3) is 0 Å². The number of nitrogens with one attached hydrogen (secondary N) is 1. The highest BCUT2D eigenvalue weighted by Crippen LogP contribution is 2.22. The molecule has 1 amide bonds. The second-order valence-electron chi connectivity index (χ2n) is 5.79. The van der Waals surface area contributed by atoms with E-state index in [0.717, 1.165) is 31.4 Å². The maximum Gasteiger partial charge on any atom is 0.407 e. The van der Waals surface area contributed by atoms with Crippen LogP contribution in [0.5, 0.6) is 5.88 Å². The molecular formula is C18H23N3O4. The van der Waals surface area contributed by atoms with E-state index in [2.05, 4.69) is 10.4 Å². The van der Waals surface area contributed by atoms with Gasteiger partial charge in [-0.2, -0.15) is 0 Å². The molecule has 1 fully saturated rings. The molecule has 7 heteroatoms. The number of hydrogen-bond donors (Lipinski definition) is 1. The minimum absolute atomic E-state index is 0.00260. The van der Waals surface area contributed by atoms with Crippen LogP contribution in [-0.4, -0.2) is 35.6 Å². The molecule has 2 heterocycles. The molecule has 134 valence electrons. The normalized spacial score (nSPS) is 17.0. The quantitative estimate of drug-likeness (QED) is 0.781. The second-order valence-corrected chi connectivity index (χ2v) is 5.79. The molecule has 1 atom stereocenters. The van der Waals surface area contributed by atoms with Gasteiger partial charge in [-0.25, -0.2) is 9.48 Å². The van der Waals surface area contributed by atoms with Crippen LogP contribution < -0.4 is 10.1 Å². The summed E-state index contributed by atoms with van der Waals surface area (Å²) >= 11 is 0. The van der Waals surface area contributed by atoms with Crippen molar-refractivity contribution in [2.75, 3.05) is 19.8 Å². The molecule has 1 aliphatic heterocycles. The lowest BCUT2D eigenvalue weighted by atomic mass is 10.2. The second kappa shape index (κ2) is 9.08. The fourth-order valence-corrected chi connectivity index (χ4v) is 2.57. The van der Waals surface area contributed by atoms with Crippen molar-refractivity contribution in [3.63, 3.8) is 0 Å². The predicted molar refractivity (Wildman–Crippen MR) is 91.2 cm³/mol. The standard InChI is InChI=1S/C18H23N3O4/c22-18(25-14-15-6-2-1-3-7-15)19-10-13-23-16-9-11-21(20-16)17-8-4-5-12-24-17/h1-3,6-7,9,11,17H,4-5,8,10,12-14H2,(H,19,22). The van der Waals surface area contributed by atoms with Crippen LogP contribution in [0.25, 0.3) is 0 Å². The zero-order valence-electron chi connectivity index (χ0n) is 14.1. The number of ether oxygens (including phenoxy) is 3. The van der Waals surface area contributed by atoms with E-state index >= 15 is 0 Å². The van der Waals surface area contributed by atoms with Gasteiger partial charge in [-0.1, -0.05) is 30.3 Å². The summed E-state index contributed by atoms with van der Waals surface area (Å²) in [4.78, 5) is 11.6. The lowest BCUT2D eigenvalue weighted by Crippen LogP contribution is -2.28. The van der Waals surface area contributed by atoms with Gasteiger partial charge >= 0.3 is 6.09 Å². The van der Waals surface area contributed by atoms with Gasteiger partial charge in [-0.3, -0.25) is 0 Å². The lowest BCUT2D eigenvalue weighted by Gasteiger charge is -2.22. The monoisotopic (exact) mass is 345 g/mol. The Kier molecular flexibility index (Phi) is 6.28. The van der Waals surface area contributed by atoms with Crippen LogP contribution in [0, 0.1) is 0 Å². The van der Waals surface area contributed by atoms with Crippen LogP contribution in [0.1, 0.15) is 31.1 Å². The summed E-state index contributed by atoms with van der Waals surface area (Å²) < 4.78 is 18.1. The number of alkyl carbamates (subject to hydrolysis) is 1. The number of rotatable bonds is 7. The van der Waals surface area contributed by atoms with Crippen LogP contribution in [0.4, 0.5) is 4.79 Å². The summed E-state index contributed by atoms with van der Waals surface area (Å²) in [5, 5.41) is 7.00. The predicted octanol–water partition coefficient (Wildman–Crippen LogP) is 2.89. The van der Waals surface area contributed by atoms with E-state index < -0.39 is 6.09 Å². The number of hydrogen-bond acceptors (Lipinski definition) is 5. The average Bonchev–Trinajstić information content (AvgIpc) is 3.14. The molecule has 0 radical (unpaired) electrons. The van der Waals surface area contributed by atoms with Gasteiger partial charge in [0.15, 0.2) is 0 Å². The van der Waals surface area contributed by atoms with Gasteiger partial charge in [0, 0.05) is 18.9 Å². The Bertz CT molecular complexity index is 653. The molecule has 7 nitrogen and oxygen atoms in total. The zero-order chi connectivity index (χ0) is 17.3. The van der Waals surface area contributed by atoms with Crippen LogP contribution in [0.15, 0.2) is 42.6 Å². The third-order valence-electron chi connectivity index (χ3n) is 3.87. The minimum atomic E-state index is -0.464. The average molecular weight is 345 g/mol. The summed E-state index contributed by atoms with van der Waals surface area (Å²) in [6.07, 6.45) is 4.61. The van der Waals surface area contributed by atoms with E-state index in [4.69, 9.17) is 14.2 Å². The van der Waals surface area contributed by atoms with Crippen molar-refractivity contribution in [3.8, 4) is 5.88 Å². The van der Waals surface area contributed by atoms with Crippen molar-refractivity contribution in [2.45, 2.75) is 32.1 Å². The molecule has 0 saturated carbocycles. The van der Waals surface area contributed by atoms with Gasteiger partial charge in [0.1, 0.15) is 19.4 Å². The molecule has 1 aliphatic rings. The maximum atomic E-state index is 11.6. The topological polar surface area (TPSA) is 74.6 Å². The van der Waals surface area contributed by atoms with Gasteiger partial charge in [0.2, 0.25) is 5.88 Å². The first-order valence-corrected chi connectivity index (χ1v) is 8.55. The largest absolute Gasteiger partial charge is 0.475 e. The fraction of sp³-hybridized carbons (Fsp3) is 0.444. The summed E-state index contributed by atoms with van der Waals surface area (Å²) in [6.45, 7) is 1.69. The summed E-state index contributed by atoms with van der Waals surface area (Å²) in [6, 6.07) is 11.3. The van der Waals surface area contributed by atoms with Crippen molar-refractivity contribution in [3.05, 3.63) is 48.2 Å². The SMILES string of the molecule is O=C(NCCOc1ccn(C2CCCCO2)n1)OCc1ccccc1. The number of benzene rings is 1. The smallest absolute Gasteiger partial charge is 0.407 e. The third-order valence-corrected chi connectivity index (χ3v) is 3.87. The number of amides is 1. The molecular weight excluding hydrogens is 322 g/mol. The molecule has 2 aromatic rings. The highest BCUT2D eigenvalue weighted by molar-refractivity contribution is 5.67. The number of carbonyl (C=O) groups excluding carboxylic acids is 1. The van der Waals surface area contributed by atoms with Crippen LogP contribution >= 0.6 is 0 Å². The Labute approximate surface area is 146 Å². The Morgan fingerprint density at radius 1 is 1.28 bits per heavy atom. The highest BCUT2D eigenvalue weighted by atomic mass is 16.5. The van der Waals surface area contributed by atoms with Crippen LogP contribution in [-0.2, 0) is 16.1 Å². The van der Waals surface area contributed by atoms with Gasteiger partial charge < -0.3 is 19.5 Å². The number of nitrogens with zero attached hydrogens (tertiary/aromatic N) is 2. The molecule has 1 N–H and O–H groups in total. The third kappa shape index (κ3) is 5.49. The van der Waals surface area contributed by atoms with Gasteiger partial charge in [0.05, 0.1) is 6.54 Å². The highest BCUT2D eigenvalue weighted by Gasteiger charge is 2.16. The first-order valence-electron chi connectivity index (χ1n) is 8.55. The molecule has 0 aliphatic carbocycles. The van der Waals surface area contributed by atoms with Crippen molar-refractivity contribution in [1.29, 1.82) is 0 Å².